The predicted octanol–water partition coefficient (Wildman–Crippen LogP) is 0.395. The first kappa shape index (κ1) is 16.3. The summed E-state index contributed by atoms with van der Waals surface area (Å²) in [4.78, 5) is 14.2. The standard InChI is InChI=1S/C19H24N4O2/c24-19(20-8-9-22-10-12-25-13-11-22)18-14-17(15-6-7-15)21-23(18)16-4-2-1-3-5-16/h1-5,14-15H,6-13H2,(H,20,24)/p+1. The highest BCUT2D eigenvalue weighted by atomic mass is 16.5. The second kappa shape index (κ2) is 7.37. The molecule has 2 aliphatic rings. The summed E-state index contributed by atoms with van der Waals surface area (Å²) in [6, 6.07) is 11.8. The Kier molecular flexibility index (Phi) is 4.81. The lowest BCUT2D eigenvalue weighted by Gasteiger charge is -2.23. The molecule has 0 bridgehead atoms. The van der Waals surface area contributed by atoms with Crippen LogP contribution in [0.15, 0.2) is 36.4 Å². The van der Waals surface area contributed by atoms with E-state index < -0.39 is 0 Å². The Morgan fingerprint density at radius 2 is 2.00 bits per heavy atom. The van der Waals surface area contributed by atoms with E-state index >= 15 is 0 Å². The third kappa shape index (κ3) is 3.91. The number of ether oxygens (including phenoxy) is 1. The van der Waals surface area contributed by atoms with Gasteiger partial charge in [0.15, 0.2) is 0 Å². The molecule has 0 spiro atoms. The zero-order chi connectivity index (χ0) is 17.1. The molecule has 0 unspecified atom stereocenters. The Morgan fingerprint density at radius 3 is 2.72 bits per heavy atom. The van der Waals surface area contributed by atoms with E-state index in [1.165, 1.54) is 17.7 Å². The number of carbonyl (C=O) groups is 1. The molecule has 0 radical (unpaired) electrons. The van der Waals surface area contributed by atoms with E-state index in [0.29, 0.717) is 18.2 Å². The van der Waals surface area contributed by atoms with Crippen molar-refractivity contribution < 1.29 is 14.4 Å². The molecular formula is C19H25N4O2+. The van der Waals surface area contributed by atoms with Crippen LogP contribution in [0.5, 0.6) is 0 Å². The Bertz CT molecular complexity index is 718. The summed E-state index contributed by atoms with van der Waals surface area (Å²) in [5.41, 5.74) is 2.59. The van der Waals surface area contributed by atoms with Crippen molar-refractivity contribution >= 4 is 5.91 Å². The molecule has 1 amide bonds. The largest absolute Gasteiger partial charge is 0.370 e. The molecule has 1 saturated carbocycles. The van der Waals surface area contributed by atoms with Gasteiger partial charge in [-0.05, 0) is 31.0 Å². The highest BCUT2D eigenvalue weighted by Gasteiger charge is 2.29. The topological polar surface area (TPSA) is 60.6 Å². The molecule has 1 aliphatic carbocycles. The second-order valence-electron chi connectivity index (χ2n) is 6.84. The average Bonchev–Trinajstić information content (AvgIpc) is 3.41. The van der Waals surface area contributed by atoms with Crippen LogP contribution in [0.2, 0.25) is 0 Å². The second-order valence-corrected chi connectivity index (χ2v) is 6.84. The molecule has 2 aromatic rings. The van der Waals surface area contributed by atoms with Gasteiger partial charge < -0.3 is 15.0 Å². The Morgan fingerprint density at radius 1 is 1.24 bits per heavy atom. The monoisotopic (exact) mass is 341 g/mol. The van der Waals surface area contributed by atoms with Crippen LogP contribution < -0.4 is 10.2 Å². The van der Waals surface area contributed by atoms with Gasteiger partial charge in [0.05, 0.1) is 37.7 Å². The fraction of sp³-hybridized carbons (Fsp3) is 0.474. The average molecular weight is 341 g/mol. The number of morpholine rings is 1. The van der Waals surface area contributed by atoms with Gasteiger partial charge >= 0.3 is 0 Å². The first-order valence-electron chi connectivity index (χ1n) is 9.16. The molecule has 25 heavy (non-hydrogen) atoms. The number of amides is 1. The maximum atomic E-state index is 12.7. The third-order valence-electron chi connectivity index (χ3n) is 4.92. The van der Waals surface area contributed by atoms with E-state index in [2.05, 4.69) is 5.32 Å². The lowest BCUT2D eigenvalue weighted by atomic mass is 10.2. The molecule has 6 heteroatoms. The summed E-state index contributed by atoms with van der Waals surface area (Å²) in [7, 11) is 0. The van der Waals surface area contributed by atoms with Crippen molar-refractivity contribution in [3.63, 3.8) is 0 Å². The lowest BCUT2D eigenvalue weighted by molar-refractivity contribution is -0.906. The summed E-state index contributed by atoms with van der Waals surface area (Å²) >= 11 is 0. The van der Waals surface area contributed by atoms with E-state index in [1.807, 2.05) is 36.4 Å². The van der Waals surface area contributed by atoms with Gasteiger partial charge in [0.1, 0.15) is 18.8 Å². The number of quaternary nitrogens is 1. The number of hydrogen-bond acceptors (Lipinski definition) is 3. The number of hydrogen-bond donors (Lipinski definition) is 2. The van der Waals surface area contributed by atoms with Crippen molar-refractivity contribution in [2.45, 2.75) is 18.8 Å². The van der Waals surface area contributed by atoms with Gasteiger partial charge in [-0.25, -0.2) is 4.68 Å². The number of nitrogens with one attached hydrogen (secondary N) is 2. The fourth-order valence-electron chi connectivity index (χ4n) is 3.26. The van der Waals surface area contributed by atoms with E-state index in [4.69, 9.17) is 9.84 Å². The fourth-order valence-corrected chi connectivity index (χ4v) is 3.26. The van der Waals surface area contributed by atoms with Crippen molar-refractivity contribution in [1.82, 2.24) is 15.1 Å². The number of benzene rings is 1. The molecule has 1 aromatic carbocycles. The summed E-state index contributed by atoms with van der Waals surface area (Å²) in [6.07, 6.45) is 2.35. The van der Waals surface area contributed by atoms with Gasteiger partial charge in [0.2, 0.25) is 0 Å². The molecule has 0 atom stereocenters. The SMILES string of the molecule is O=C(NCC[NH+]1CCOCC1)c1cc(C2CC2)nn1-c1ccccc1. The Balaban J connectivity index is 1.45. The van der Waals surface area contributed by atoms with Crippen LogP contribution in [0.4, 0.5) is 0 Å². The minimum Gasteiger partial charge on any atom is -0.370 e. The van der Waals surface area contributed by atoms with Gasteiger partial charge in [-0.1, -0.05) is 18.2 Å². The third-order valence-corrected chi connectivity index (χ3v) is 4.92. The normalized spacial score (nSPS) is 18.2. The number of para-hydroxylation sites is 1. The van der Waals surface area contributed by atoms with Gasteiger partial charge in [-0.3, -0.25) is 4.79 Å². The predicted molar refractivity (Wildman–Crippen MR) is 94.3 cm³/mol. The lowest BCUT2D eigenvalue weighted by Crippen LogP contribution is -3.14. The van der Waals surface area contributed by atoms with Gasteiger partial charge in [-0.2, -0.15) is 5.10 Å². The minimum atomic E-state index is -0.0455. The van der Waals surface area contributed by atoms with E-state index in [9.17, 15) is 4.79 Å². The highest BCUT2D eigenvalue weighted by molar-refractivity contribution is 5.93. The molecule has 6 nitrogen and oxygen atoms in total. The molecule has 1 saturated heterocycles. The molecular weight excluding hydrogens is 316 g/mol. The Hall–Kier alpha value is -2.18. The molecule has 1 aliphatic heterocycles. The molecule has 2 heterocycles. The zero-order valence-electron chi connectivity index (χ0n) is 14.4. The first-order valence-corrected chi connectivity index (χ1v) is 9.16. The van der Waals surface area contributed by atoms with Gasteiger partial charge in [-0.15, -0.1) is 0 Å². The van der Waals surface area contributed by atoms with Crippen LogP contribution in [0.25, 0.3) is 5.69 Å². The Labute approximate surface area is 147 Å². The van der Waals surface area contributed by atoms with Crippen LogP contribution in [0, 0.1) is 0 Å². The van der Waals surface area contributed by atoms with Gasteiger partial charge in [0.25, 0.3) is 5.91 Å². The smallest absolute Gasteiger partial charge is 0.270 e. The zero-order valence-corrected chi connectivity index (χ0v) is 14.4. The van der Waals surface area contributed by atoms with E-state index in [1.54, 1.807) is 4.68 Å². The highest BCUT2D eigenvalue weighted by Crippen LogP contribution is 2.39. The molecule has 132 valence electrons. The molecule has 1 aromatic heterocycles. The molecule has 2 N–H and O–H groups in total. The van der Waals surface area contributed by atoms with Crippen LogP contribution in [-0.4, -0.2) is 55.1 Å². The van der Waals surface area contributed by atoms with E-state index in [0.717, 1.165) is 44.2 Å². The maximum absolute atomic E-state index is 12.7. The molecule has 4 rings (SSSR count). The van der Waals surface area contributed by atoms with Crippen molar-refractivity contribution in [1.29, 1.82) is 0 Å². The van der Waals surface area contributed by atoms with Crippen molar-refractivity contribution in [2.24, 2.45) is 0 Å². The van der Waals surface area contributed by atoms with E-state index in [-0.39, 0.29) is 5.91 Å². The van der Waals surface area contributed by atoms with Crippen molar-refractivity contribution in [3.05, 3.63) is 47.8 Å². The minimum absolute atomic E-state index is 0.0455. The van der Waals surface area contributed by atoms with Crippen LogP contribution in [0.1, 0.15) is 34.9 Å². The summed E-state index contributed by atoms with van der Waals surface area (Å²) in [6.45, 7) is 5.27. The molecule has 2 fully saturated rings. The number of aromatic nitrogens is 2. The summed E-state index contributed by atoms with van der Waals surface area (Å²) in [5.74, 6) is 0.477. The van der Waals surface area contributed by atoms with Crippen LogP contribution in [0.3, 0.4) is 0 Å². The first-order chi connectivity index (χ1) is 12.3. The van der Waals surface area contributed by atoms with Crippen LogP contribution in [-0.2, 0) is 4.74 Å². The van der Waals surface area contributed by atoms with Crippen molar-refractivity contribution in [2.75, 3.05) is 39.4 Å². The maximum Gasteiger partial charge on any atom is 0.270 e. The van der Waals surface area contributed by atoms with Crippen molar-refractivity contribution in [3.8, 4) is 5.69 Å². The number of nitrogens with zero attached hydrogens (tertiary/aromatic N) is 2. The van der Waals surface area contributed by atoms with Crippen LogP contribution >= 0.6 is 0 Å². The summed E-state index contributed by atoms with van der Waals surface area (Å²) < 4.78 is 7.15. The number of carbonyl (C=O) groups excluding carboxylic acids is 1. The quantitative estimate of drug-likeness (QED) is 0.799. The van der Waals surface area contributed by atoms with Gasteiger partial charge in [0, 0.05) is 5.92 Å². The number of rotatable bonds is 6. The summed E-state index contributed by atoms with van der Waals surface area (Å²) in [5, 5.41) is 7.76.